The number of nitrogens with one attached hydrogen (secondary N) is 1. The third-order valence-electron chi connectivity index (χ3n) is 3.53. The van der Waals surface area contributed by atoms with E-state index in [2.05, 4.69) is 48.9 Å². The Balaban J connectivity index is 3.01. The van der Waals surface area contributed by atoms with Gasteiger partial charge in [0.1, 0.15) is 11.5 Å². The van der Waals surface area contributed by atoms with E-state index in [-0.39, 0.29) is 15.6 Å². The fourth-order valence-electron chi connectivity index (χ4n) is 1.36. The van der Waals surface area contributed by atoms with Gasteiger partial charge < -0.3 is 5.32 Å². The smallest absolute Gasteiger partial charge is 0.295 e. The first kappa shape index (κ1) is 15.9. The molecule has 0 atom stereocenters. The van der Waals surface area contributed by atoms with Crippen LogP contribution in [0.15, 0.2) is 16.6 Å². The van der Waals surface area contributed by atoms with Crippen molar-refractivity contribution < 1.29 is 9.31 Å². The summed E-state index contributed by atoms with van der Waals surface area (Å²) in [5.74, 6) is -0.219. The Hall–Kier alpha value is -1.17. The molecule has 0 unspecified atom stereocenters. The van der Waals surface area contributed by atoms with Crippen molar-refractivity contribution in [2.24, 2.45) is 11.3 Å². The predicted octanol–water partition coefficient (Wildman–Crippen LogP) is 4.59. The van der Waals surface area contributed by atoms with E-state index in [1.54, 1.807) is 0 Å². The Labute approximate surface area is 120 Å². The average Bonchev–Trinajstić information content (AvgIpc) is 2.29. The van der Waals surface area contributed by atoms with E-state index >= 15 is 0 Å². The van der Waals surface area contributed by atoms with E-state index in [0.29, 0.717) is 18.2 Å². The molecule has 1 aromatic carbocycles. The number of nitro benzene ring substituents is 1. The van der Waals surface area contributed by atoms with Crippen molar-refractivity contribution in [3.05, 3.63) is 32.5 Å². The van der Waals surface area contributed by atoms with Crippen LogP contribution in [0.4, 0.5) is 15.8 Å². The molecule has 1 N–H and O–H groups in total. The molecule has 19 heavy (non-hydrogen) atoms. The SMILES string of the molecule is CC(C)C(C)(C)CNc1cc(Br)c(F)cc1[N+](=O)[O-]. The van der Waals surface area contributed by atoms with Crippen LogP contribution in [0.2, 0.25) is 0 Å². The Morgan fingerprint density at radius 2 is 2.05 bits per heavy atom. The molecule has 0 saturated carbocycles. The van der Waals surface area contributed by atoms with Crippen molar-refractivity contribution in [1.82, 2.24) is 0 Å². The summed E-state index contributed by atoms with van der Waals surface area (Å²) in [7, 11) is 0. The number of hydrogen-bond donors (Lipinski definition) is 1. The van der Waals surface area contributed by atoms with Gasteiger partial charge in [0.05, 0.1) is 15.5 Å². The molecule has 0 fully saturated rings. The summed E-state index contributed by atoms with van der Waals surface area (Å²) in [6.07, 6.45) is 0. The minimum atomic E-state index is -0.639. The summed E-state index contributed by atoms with van der Waals surface area (Å²) in [6.45, 7) is 8.92. The van der Waals surface area contributed by atoms with Gasteiger partial charge in [-0.3, -0.25) is 10.1 Å². The van der Waals surface area contributed by atoms with E-state index < -0.39 is 10.7 Å². The van der Waals surface area contributed by atoms with Gasteiger partial charge in [0.2, 0.25) is 0 Å². The first-order valence-corrected chi connectivity index (χ1v) is 6.81. The highest BCUT2D eigenvalue weighted by Gasteiger charge is 2.24. The molecule has 0 spiro atoms. The molecule has 0 saturated heterocycles. The summed E-state index contributed by atoms with van der Waals surface area (Å²) in [5.41, 5.74) is 0.0570. The minimum Gasteiger partial charge on any atom is -0.379 e. The number of halogens is 2. The van der Waals surface area contributed by atoms with E-state index in [4.69, 9.17) is 0 Å². The molecule has 1 rings (SSSR count). The third-order valence-corrected chi connectivity index (χ3v) is 4.14. The molecule has 4 nitrogen and oxygen atoms in total. The number of nitro groups is 1. The highest BCUT2D eigenvalue weighted by molar-refractivity contribution is 9.10. The molecule has 106 valence electrons. The van der Waals surface area contributed by atoms with Crippen molar-refractivity contribution >= 4 is 27.3 Å². The molecule has 0 aromatic heterocycles. The predicted molar refractivity (Wildman–Crippen MR) is 77.9 cm³/mol. The average molecular weight is 333 g/mol. The molecule has 0 aliphatic rings. The normalized spacial score (nSPS) is 11.7. The number of hydrogen-bond acceptors (Lipinski definition) is 3. The third kappa shape index (κ3) is 3.89. The Kier molecular flexibility index (Phi) is 4.90. The van der Waals surface area contributed by atoms with Crippen LogP contribution in [-0.2, 0) is 0 Å². The number of rotatable bonds is 5. The van der Waals surface area contributed by atoms with Crippen LogP contribution < -0.4 is 5.32 Å². The maximum Gasteiger partial charge on any atom is 0.295 e. The van der Waals surface area contributed by atoms with Gasteiger partial charge in [-0.1, -0.05) is 27.7 Å². The maximum absolute atomic E-state index is 13.3. The minimum absolute atomic E-state index is 0.0191. The summed E-state index contributed by atoms with van der Waals surface area (Å²) in [4.78, 5) is 10.3. The van der Waals surface area contributed by atoms with E-state index in [1.807, 2.05) is 0 Å². The van der Waals surface area contributed by atoms with E-state index in [9.17, 15) is 14.5 Å². The van der Waals surface area contributed by atoms with Crippen molar-refractivity contribution in [3.8, 4) is 0 Å². The molecule has 0 radical (unpaired) electrons. The van der Waals surface area contributed by atoms with E-state index in [1.165, 1.54) is 6.07 Å². The van der Waals surface area contributed by atoms with Crippen molar-refractivity contribution in [2.45, 2.75) is 27.7 Å². The van der Waals surface area contributed by atoms with Crippen LogP contribution in [0.5, 0.6) is 0 Å². The second-order valence-electron chi connectivity index (χ2n) is 5.54. The first-order valence-electron chi connectivity index (χ1n) is 6.02. The lowest BCUT2D eigenvalue weighted by Gasteiger charge is -2.29. The standard InChI is InChI=1S/C13H18BrFN2O2/c1-8(2)13(3,4)7-16-11-5-9(14)10(15)6-12(11)17(18)19/h5-6,8,16H,7H2,1-4H3. The van der Waals surface area contributed by atoms with Gasteiger partial charge in [-0.2, -0.15) is 0 Å². The van der Waals surface area contributed by atoms with Gasteiger partial charge in [0.25, 0.3) is 5.69 Å². The topological polar surface area (TPSA) is 55.2 Å². The summed E-state index contributed by atoms with van der Waals surface area (Å²) in [6, 6.07) is 2.33. The second-order valence-corrected chi connectivity index (χ2v) is 6.39. The molecular weight excluding hydrogens is 315 g/mol. The largest absolute Gasteiger partial charge is 0.379 e. The fourth-order valence-corrected chi connectivity index (χ4v) is 1.70. The van der Waals surface area contributed by atoms with E-state index in [0.717, 1.165) is 6.07 Å². The van der Waals surface area contributed by atoms with Gasteiger partial charge in [-0.15, -0.1) is 0 Å². The number of benzene rings is 1. The lowest BCUT2D eigenvalue weighted by molar-refractivity contribution is -0.384. The molecule has 0 aliphatic heterocycles. The number of anilines is 1. The monoisotopic (exact) mass is 332 g/mol. The Bertz CT molecular complexity index is 490. The summed E-state index contributed by atoms with van der Waals surface area (Å²) < 4.78 is 13.6. The second kappa shape index (κ2) is 5.86. The zero-order valence-corrected chi connectivity index (χ0v) is 13.0. The molecule has 0 amide bonds. The quantitative estimate of drug-likeness (QED) is 0.633. The van der Waals surface area contributed by atoms with Crippen molar-refractivity contribution in [2.75, 3.05) is 11.9 Å². The van der Waals surface area contributed by atoms with Crippen LogP contribution in [0.25, 0.3) is 0 Å². The van der Waals surface area contributed by atoms with Crippen LogP contribution in [-0.4, -0.2) is 11.5 Å². The lowest BCUT2D eigenvalue weighted by atomic mass is 9.81. The first-order chi connectivity index (χ1) is 8.65. The number of nitrogens with zero attached hydrogens (tertiary/aromatic N) is 1. The van der Waals surface area contributed by atoms with Gasteiger partial charge in [-0.05, 0) is 33.3 Å². The van der Waals surface area contributed by atoms with Gasteiger partial charge in [0.15, 0.2) is 0 Å². The van der Waals surface area contributed by atoms with Crippen LogP contribution in [0, 0.1) is 27.3 Å². The zero-order chi connectivity index (χ0) is 14.8. The van der Waals surface area contributed by atoms with Crippen LogP contribution in [0.3, 0.4) is 0 Å². The van der Waals surface area contributed by atoms with Crippen LogP contribution >= 0.6 is 15.9 Å². The maximum atomic E-state index is 13.3. The van der Waals surface area contributed by atoms with Gasteiger partial charge in [0, 0.05) is 6.54 Å². The zero-order valence-electron chi connectivity index (χ0n) is 11.5. The summed E-state index contributed by atoms with van der Waals surface area (Å²) >= 11 is 3.04. The molecular formula is C13H18BrFN2O2. The van der Waals surface area contributed by atoms with Crippen LogP contribution in [0.1, 0.15) is 27.7 Å². The molecule has 0 aliphatic carbocycles. The highest BCUT2D eigenvalue weighted by atomic mass is 79.9. The molecule has 6 heteroatoms. The van der Waals surface area contributed by atoms with Crippen molar-refractivity contribution in [3.63, 3.8) is 0 Å². The molecule has 1 aromatic rings. The Morgan fingerprint density at radius 3 is 2.53 bits per heavy atom. The molecule has 0 bridgehead atoms. The van der Waals surface area contributed by atoms with Crippen molar-refractivity contribution in [1.29, 1.82) is 0 Å². The Morgan fingerprint density at radius 1 is 1.47 bits per heavy atom. The fraction of sp³-hybridized carbons (Fsp3) is 0.538. The van der Waals surface area contributed by atoms with Gasteiger partial charge >= 0.3 is 0 Å². The lowest BCUT2D eigenvalue weighted by Crippen LogP contribution is -2.28. The highest BCUT2D eigenvalue weighted by Crippen LogP contribution is 2.33. The van der Waals surface area contributed by atoms with Gasteiger partial charge in [-0.25, -0.2) is 4.39 Å². The summed E-state index contributed by atoms with van der Waals surface area (Å²) in [5, 5.41) is 14.0. The molecule has 0 heterocycles.